The van der Waals surface area contributed by atoms with Crippen molar-refractivity contribution in [3.63, 3.8) is 0 Å². The smallest absolute Gasteiger partial charge is 0.00458 e. The van der Waals surface area contributed by atoms with Crippen LogP contribution in [0.15, 0.2) is 0 Å². The van der Waals surface area contributed by atoms with E-state index in [0.717, 1.165) is 12.5 Å². The molecule has 1 saturated heterocycles. The minimum Gasteiger partial charge on any atom is -0.330 e. The number of rotatable bonds is 1. The predicted molar refractivity (Wildman–Crippen MR) is 39.3 cm³/mol. The van der Waals surface area contributed by atoms with Crippen molar-refractivity contribution in [3.05, 3.63) is 0 Å². The van der Waals surface area contributed by atoms with E-state index < -0.39 is 0 Å². The zero-order valence-corrected chi connectivity index (χ0v) is 5.90. The lowest BCUT2D eigenvalue weighted by Crippen LogP contribution is -2.17. The van der Waals surface area contributed by atoms with Crippen LogP contribution in [-0.4, -0.2) is 19.6 Å². The van der Waals surface area contributed by atoms with Crippen LogP contribution >= 0.6 is 0 Å². The summed E-state index contributed by atoms with van der Waals surface area (Å²) in [5, 5.41) is 3.36. The monoisotopic (exact) mass is 128 g/mol. The third-order valence-corrected chi connectivity index (χ3v) is 2.03. The molecule has 0 aliphatic carbocycles. The zero-order chi connectivity index (χ0) is 6.53. The maximum absolute atomic E-state index is 5.54. The Bertz CT molecular complexity index is 65.3. The lowest BCUT2D eigenvalue weighted by Gasteiger charge is -2.08. The number of nitrogens with one attached hydrogen (secondary N) is 1. The second-order valence-electron chi connectivity index (χ2n) is 2.78. The fourth-order valence-electron chi connectivity index (χ4n) is 1.33. The largest absolute Gasteiger partial charge is 0.330 e. The van der Waals surface area contributed by atoms with Gasteiger partial charge >= 0.3 is 0 Å². The highest BCUT2D eigenvalue weighted by molar-refractivity contribution is 4.66. The van der Waals surface area contributed by atoms with Gasteiger partial charge in [0, 0.05) is 0 Å². The number of hydrogen-bond donors (Lipinski definition) is 2. The van der Waals surface area contributed by atoms with E-state index >= 15 is 0 Å². The Balaban J connectivity index is 2.18. The fraction of sp³-hybridized carbons (Fsp3) is 1.00. The van der Waals surface area contributed by atoms with Crippen LogP contribution in [0.25, 0.3) is 0 Å². The van der Waals surface area contributed by atoms with Crippen LogP contribution in [0.1, 0.15) is 19.3 Å². The summed E-state index contributed by atoms with van der Waals surface area (Å²) in [6.45, 7) is 3.24. The first-order valence-electron chi connectivity index (χ1n) is 3.84. The molecule has 0 radical (unpaired) electrons. The van der Waals surface area contributed by atoms with Crippen molar-refractivity contribution < 1.29 is 0 Å². The highest BCUT2D eigenvalue weighted by atomic mass is 14.9. The standard InChI is InChI=1S/C7H16N2/c8-6-7-2-1-4-9-5-3-7/h7,9H,1-6,8H2. The van der Waals surface area contributed by atoms with Crippen LogP contribution in [0, 0.1) is 5.92 Å². The number of nitrogens with two attached hydrogens (primary N) is 1. The van der Waals surface area contributed by atoms with Gasteiger partial charge in [-0.25, -0.2) is 0 Å². The van der Waals surface area contributed by atoms with E-state index in [-0.39, 0.29) is 0 Å². The second-order valence-corrected chi connectivity index (χ2v) is 2.78. The minimum atomic E-state index is 0.792. The van der Waals surface area contributed by atoms with Crippen molar-refractivity contribution >= 4 is 0 Å². The van der Waals surface area contributed by atoms with Gasteiger partial charge in [-0.1, -0.05) is 0 Å². The van der Waals surface area contributed by atoms with E-state index in [0.29, 0.717) is 0 Å². The van der Waals surface area contributed by atoms with E-state index in [4.69, 9.17) is 5.73 Å². The van der Waals surface area contributed by atoms with Crippen molar-refractivity contribution in [2.45, 2.75) is 19.3 Å². The second kappa shape index (κ2) is 3.85. The molecule has 1 heterocycles. The fourth-order valence-corrected chi connectivity index (χ4v) is 1.33. The van der Waals surface area contributed by atoms with Gasteiger partial charge in [0.1, 0.15) is 0 Å². The summed E-state index contributed by atoms with van der Waals surface area (Å²) in [7, 11) is 0. The van der Waals surface area contributed by atoms with Gasteiger partial charge in [0.05, 0.1) is 0 Å². The third kappa shape index (κ3) is 2.33. The first-order valence-corrected chi connectivity index (χ1v) is 3.84. The van der Waals surface area contributed by atoms with E-state index in [1.54, 1.807) is 0 Å². The molecule has 9 heavy (non-hydrogen) atoms. The van der Waals surface area contributed by atoms with Gasteiger partial charge in [-0.15, -0.1) is 0 Å². The van der Waals surface area contributed by atoms with Gasteiger partial charge < -0.3 is 11.1 Å². The summed E-state index contributed by atoms with van der Waals surface area (Å²) in [5.41, 5.74) is 5.54. The van der Waals surface area contributed by atoms with E-state index in [9.17, 15) is 0 Å². The molecule has 54 valence electrons. The Morgan fingerprint density at radius 3 is 3.00 bits per heavy atom. The van der Waals surface area contributed by atoms with Crippen LogP contribution in [0.4, 0.5) is 0 Å². The van der Waals surface area contributed by atoms with Gasteiger partial charge in [0.2, 0.25) is 0 Å². The Hall–Kier alpha value is -0.0800. The van der Waals surface area contributed by atoms with Crippen LogP contribution in [-0.2, 0) is 0 Å². The van der Waals surface area contributed by atoms with Gasteiger partial charge in [0.15, 0.2) is 0 Å². The van der Waals surface area contributed by atoms with Crippen molar-refractivity contribution in [1.29, 1.82) is 0 Å². The molecule has 2 heteroatoms. The summed E-state index contributed by atoms with van der Waals surface area (Å²) in [6.07, 6.45) is 3.90. The average Bonchev–Trinajstić information content (AvgIpc) is 2.13. The molecule has 1 fully saturated rings. The third-order valence-electron chi connectivity index (χ3n) is 2.03. The Kier molecular flexibility index (Phi) is 3.01. The molecule has 1 rings (SSSR count). The summed E-state index contributed by atoms with van der Waals surface area (Å²) < 4.78 is 0. The molecule has 3 N–H and O–H groups in total. The topological polar surface area (TPSA) is 38.0 Å². The highest BCUT2D eigenvalue weighted by Gasteiger charge is 2.08. The average molecular weight is 128 g/mol. The Morgan fingerprint density at radius 1 is 1.33 bits per heavy atom. The predicted octanol–water partition coefficient (Wildman–Crippen LogP) is 0.335. The number of hydrogen-bond acceptors (Lipinski definition) is 2. The SMILES string of the molecule is NCC1CCCNCC1. The molecular formula is C7H16N2. The van der Waals surface area contributed by atoms with Gasteiger partial charge in [-0.3, -0.25) is 0 Å². The molecule has 0 aromatic rings. The molecule has 0 aromatic carbocycles. The Labute approximate surface area is 56.8 Å². The first-order chi connectivity index (χ1) is 4.43. The quantitative estimate of drug-likeness (QED) is 0.534. The minimum absolute atomic E-state index is 0.792. The molecule has 0 spiro atoms. The van der Waals surface area contributed by atoms with Crippen molar-refractivity contribution in [1.82, 2.24) is 5.32 Å². The van der Waals surface area contributed by atoms with E-state index in [2.05, 4.69) is 5.32 Å². The normalized spacial score (nSPS) is 29.7. The van der Waals surface area contributed by atoms with Crippen molar-refractivity contribution in [3.8, 4) is 0 Å². The molecule has 1 aliphatic rings. The zero-order valence-electron chi connectivity index (χ0n) is 5.90. The van der Waals surface area contributed by atoms with Crippen LogP contribution < -0.4 is 11.1 Å². The van der Waals surface area contributed by atoms with Crippen LogP contribution in [0.2, 0.25) is 0 Å². The first kappa shape index (κ1) is 7.03. The molecule has 1 unspecified atom stereocenters. The molecule has 0 bridgehead atoms. The summed E-state index contributed by atoms with van der Waals surface area (Å²) in [5.74, 6) is 0.792. The van der Waals surface area contributed by atoms with Crippen molar-refractivity contribution in [2.24, 2.45) is 11.7 Å². The molecule has 2 nitrogen and oxygen atoms in total. The lowest BCUT2D eigenvalue weighted by molar-refractivity contribution is 0.483. The summed E-state index contributed by atoms with van der Waals surface area (Å²) in [4.78, 5) is 0. The molecule has 0 saturated carbocycles. The maximum atomic E-state index is 5.54. The molecule has 1 atom stereocenters. The van der Waals surface area contributed by atoms with Crippen LogP contribution in [0.3, 0.4) is 0 Å². The molecule has 0 aromatic heterocycles. The molecular weight excluding hydrogens is 112 g/mol. The van der Waals surface area contributed by atoms with Gasteiger partial charge in [-0.05, 0) is 44.8 Å². The maximum Gasteiger partial charge on any atom is -0.00458 e. The molecule has 0 amide bonds. The van der Waals surface area contributed by atoms with Crippen LogP contribution in [0.5, 0.6) is 0 Å². The lowest BCUT2D eigenvalue weighted by atomic mass is 10.0. The summed E-state index contributed by atoms with van der Waals surface area (Å²) in [6, 6.07) is 0. The summed E-state index contributed by atoms with van der Waals surface area (Å²) >= 11 is 0. The van der Waals surface area contributed by atoms with E-state index in [1.807, 2.05) is 0 Å². The highest BCUT2D eigenvalue weighted by Crippen LogP contribution is 2.10. The van der Waals surface area contributed by atoms with E-state index in [1.165, 1.54) is 32.4 Å². The Morgan fingerprint density at radius 2 is 2.22 bits per heavy atom. The van der Waals surface area contributed by atoms with Gasteiger partial charge in [0.25, 0.3) is 0 Å². The van der Waals surface area contributed by atoms with Crippen molar-refractivity contribution in [2.75, 3.05) is 19.6 Å². The molecule has 1 aliphatic heterocycles. The van der Waals surface area contributed by atoms with Gasteiger partial charge in [-0.2, -0.15) is 0 Å².